The first kappa shape index (κ1) is 14.7. The van der Waals surface area contributed by atoms with Crippen molar-refractivity contribution in [2.45, 2.75) is 12.5 Å². The van der Waals surface area contributed by atoms with Gasteiger partial charge in [-0.25, -0.2) is 9.29 Å². The average molecular weight is 363 g/mol. The van der Waals surface area contributed by atoms with Crippen LogP contribution in [0.25, 0.3) is 0 Å². The SMILES string of the molecule is O=C1C[C@H](Nc2ccccc2Br)C(=O)N1c1cccc(F)c1. The second kappa shape index (κ2) is 5.88. The van der Waals surface area contributed by atoms with E-state index in [2.05, 4.69) is 21.2 Å². The first-order valence-corrected chi connectivity index (χ1v) is 7.49. The number of hydrogen-bond acceptors (Lipinski definition) is 3. The number of imide groups is 1. The number of carbonyl (C=O) groups excluding carboxylic acids is 2. The van der Waals surface area contributed by atoms with Crippen LogP contribution in [0.4, 0.5) is 15.8 Å². The third kappa shape index (κ3) is 2.74. The number of para-hydroxylation sites is 1. The molecule has 2 amide bonds. The largest absolute Gasteiger partial charge is 0.372 e. The minimum absolute atomic E-state index is 0.0384. The lowest BCUT2D eigenvalue weighted by Crippen LogP contribution is -2.34. The molecule has 3 rings (SSSR count). The van der Waals surface area contributed by atoms with Gasteiger partial charge in [0.1, 0.15) is 11.9 Å². The summed E-state index contributed by atoms with van der Waals surface area (Å²) in [6.07, 6.45) is 0.0384. The van der Waals surface area contributed by atoms with Gasteiger partial charge in [0, 0.05) is 10.2 Å². The number of carbonyl (C=O) groups is 2. The predicted molar refractivity (Wildman–Crippen MR) is 85.1 cm³/mol. The van der Waals surface area contributed by atoms with Gasteiger partial charge < -0.3 is 5.32 Å². The van der Waals surface area contributed by atoms with Gasteiger partial charge in [-0.1, -0.05) is 18.2 Å². The summed E-state index contributed by atoms with van der Waals surface area (Å²) in [7, 11) is 0. The molecule has 0 aliphatic carbocycles. The number of hydrogen-bond donors (Lipinski definition) is 1. The van der Waals surface area contributed by atoms with Crippen molar-refractivity contribution in [3.8, 4) is 0 Å². The molecule has 0 aromatic heterocycles. The monoisotopic (exact) mass is 362 g/mol. The molecule has 1 fully saturated rings. The normalized spacial score (nSPS) is 17.9. The molecule has 0 spiro atoms. The summed E-state index contributed by atoms with van der Waals surface area (Å²) in [6.45, 7) is 0. The second-order valence-electron chi connectivity index (χ2n) is 4.93. The number of rotatable bonds is 3. The fraction of sp³-hybridized carbons (Fsp3) is 0.125. The zero-order chi connectivity index (χ0) is 15.7. The van der Waals surface area contributed by atoms with Crippen molar-refractivity contribution < 1.29 is 14.0 Å². The van der Waals surface area contributed by atoms with Gasteiger partial charge in [0.25, 0.3) is 5.91 Å². The molecule has 22 heavy (non-hydrogen) atoms. The van der Waals surface area contributed by atoms with Crippen LogP contribution in [0.1, 0.15) is 6.42 Å². The van der Waals surface area contributed by atoms with Crippen molar-refractivity contribution in [1.82, 2.24) is 0 Å². The van der Waals surface area contributed by atoms with Gasteiger partial charge in [-0.2, -0.15) is 0 Å². The van der Waals surface area contributed by atoms with Crippen molar-refractivity contribution in [3.05, 3.63) is 58.8 Å². The van der Waals surface area contributed by atoms with E-state index >= 15 is 0 Å². The van der Waals surface area contributed by atoms with Gasteiger partial charge in [-0.3, -0.25) is 9.59 Å². The Morgan fingerprint density at radius 1 is 1.14 bits per heavy atom. The van der Waals surface area contributed by atoms with Crippen LogP contribution in [-0.4, -0.2) is 17.9 Å². The number of anilines is 2. The Bertz CT molecular complexity index is 750. The van der Waals surface area contributed by atoms with Gasteiger partial charge in [-0.15, -0.1) is 0 Å². The smallest absolute Gasteiger partial charge is 0.256 e. The summed E-state index contributed by atoms with van der Waals surface area (Å²) in [5, 5.41) is 3.05. The summed E-state index contributed by atoms with van der Waals surface area (Å²) < 4.78 is 14.1. The number of nitrogens with one attached hydrogen (secondary N) is 1. The third-order valence-electron chi connectivity index (χ3n) is 3.42. The molecule has 4 nitrogen and oxygen atoms in total. The Labute approximate surface area is 135 Å². The van der Waals surface area contributed by atoms with Crippen molar-refractivity contribution in [1.29, 1.82) is 0 Å². The third-order valence-corrected chi connectivity index (χ3v) is 4.11. The van der Waals surface area contributed by atoms with E-state index in [1.807, 2.05) is 24.3 Å². The molecule has 2 aromatic carbocycles. The Kier molecular flexibility index (Phi) is 3.94. The van der Waals surface area contributed by atoms with Crippen molar-refractivity contribution in [2.24, 2.45) is 0 Å². The van der Waals surface area contributed by atoms with Crippen LogP contribution in [0.3, 0.4) is 0 Å². The maximum absolute atomic E-state index is 13.3. The van der Waals surface area contributed by atoms with Crippen molar-refractivity contribution in [3.63, 3.8) is 0 Å². The molecule has 0 unspecified atom stereocenters. The molecule has 112 valence electrons. The highest BCUT2D eigenvalue weighted by Crippen LogP contribution is 2.28. The second-order valence-corrected chi connectivity index (χ2v) is 5.78. The minimum atomic E-state index is -0.658. The highest BCUT2D eigenvalue weighted by Gasteiger charge is 2.39. The van der Waals surface area contributed by atoms with E-state index in [1.54, 1.807) is 6.07 Å². The van der Waals surface area contributed by atoms with E-state index < -0.39 is 11.9 Å². The fourth-order valence-electron chi connectivity index (χ4n) is 2.40. The quantitative estimate of drug-likeness (QED) is 0.852. The topological polar surface area (TPSA) is 49.4 Å². The first-order valence-electron chi connectivity index (χ1n) is 6.69. The van der Waals surface area contributed by atoms with Crippen LogP contribution < -0.4 is 10.2 Å². The molecule has 1 atom stereocenters. The average Bonchev–Trinajstić information content (AvgIpc) is 2.76. The maximum Gasteiger partial charge on any atom is 0.256 e. The number of nitrogens with zero attached hydrogens (tertiary/aromatic N) is 1. The van der Waals surface area contributed by atoms with E-state index in [1.165, 1.54) is 18.2 Å². The molecule has 1 N–H and O–H groups in total. The van der Waals surface area contributed by atoms with Crippen molar-refractivity contribution >= 4 is 39.1 Å². The van der Waals surface area contributed by atoms with Crippen LogP contribution in [0.5, 0.6) is 0 Å². The highest BCUT2D eigenvalue weighted by atomic mass is 79.9. The molecule has 2 aromatic rings. The summed E-state index contributed by atoms with van der Waals surface area (Å²) in [4.78, 5) is 25.6. The molecule has 1 saturated heterocycles. The Balaban J connectivity index is 1.84. The van der Waals surface area contributed by atoms with E-state index in [0.29, 0.717) is 0 Å². The molecule has 1 aliphatic rings. The van der Waals surface area contributed by atoms with E-state index in [4.69, 9.17) is 0 Å². The lowest BCUT2D eigenvalue weighted by atomic mass is 10.2. The molecule has 1 aliphatic heterocycles. The Morgan fingerprint density at radius 2 is 1.91 bits per heavy atom. The van der Waals surface area contributed by atoms with Gasteiger partial charge in [0.05, 0.1) is 12.1 Å². The summed E-state index contributed by atoms with van der Waals surface area (Å²) in [5.74, 6) is -1.22. The molecule has 0 bridgehead atoms. The number of halogens is 2. The van der Waals surface area contributed by atoms with Crippen LogP contribution in [0.15, 0.2) is 53.0 Å². The maximum atomic E-state index is 13.3. The molecular formula is C16H12BrFN2O2. The molecule has 0 saturated carbocycles. The summed E-state index contributed by atoms with van der Waals surface area (Å²) in [6, 6.07) is 12.1. The summed E-state index contributed by atoms with van der Waals surface area (Å²) in [5.41, 5.74) is 0.987. The van der Waals surface area contributed by atoms with Gasteiger partial charge in [0.15, 0.2) is 0 Å². The number of benzene rings is 2. The zero-order valence-electron chi connectivity index (χ0n) is 11.4. The Morgan fingerprint density at radius 3 is 2.64 bits per heavy atom. The molecular weight excluding hydrogens is 351 g/mol. The van der Waals surface area contributed by atoms with Gasteiger partial charge >= 0.3 is 0 Å². The van der Waals surface area contributed by atoms with Crippen LogP contribution in [0.2, 0.25) is 0 Å². The lowest BCUT2D eigenvalue weighted by molar-refractivity contribution is -0.121. The Hall–Kier alpha value is -2.21. The predicted octanol–water partition coefficient (Wildman–Crippen LogP) is 3.33. The summed E-state index contributed by atoms with van der Waals surface area (Å²) >= 11 is 3.39. The van der Waals surface area contributed by atoms with Gasteiger partial charge in [-0.05, 0) is 46.3 Å². The van der Waals surface area contributed by atoms with Gasteiger partial charge in [0.2, 0.25) is 5.91 Å². The molecule has 1 heterocycles. The zero-order valence-corrected chi connectivity index (χ0v) is 13.0. The minimum Gasteiger partial charge on any atom is -0.372 e. The van der Waals surface area contributed by atoms with E-state index in [9.17, 15) is 14.0 Å². The highest BCUT2D eigenvalue weighted by molar-refractivity contribution is 9.10. The van der Waals surface area contributed by atoms with Crippen LogP contribution in [-0.2, 0) is 9.59 Å². The van der Waals surface area contributed by atoms with Crippen LogP contribution >= 0.6 is 15.9 Å². The standard InChI is InChI=1S/C16H12BrFN2O2/c17-12-6-1-2-7-13(12)19-14-9-15(21)20(16(14)22)11-5-3-4-10(18)8-11/h1-8,14,19H,9H2/t14-/m0/s1. The number of amides is 2. The van der Waals surface area contributed by atoms with E-state index in [-0.39, 0.29) is 23.9 Å². The fourth-order valence-corrected chi connectivity index (χ4v) is 2.80. The van der Waals surface area contributed by atoms with E-state index in [0.717, 1.165) is 15.1 Å². The lowest BCUT2D eigenvalue weighted by Gasteiger charge is -2.16. The molecule has 0 radical (unpaired) electrons. The molecule has 6 heteroatoms. The first-order chi connectivity index (χ1) is 10.6. The van der Waals surface area contributed by atoms with Crippen molar-refractivity contribution in [2.75, 3.05) is 10.2 Å². The van der Waals surface area contributed by atoms with Crippen LogP contribution in [0, 0.1) is 5.82 Å².